The minimum Gasteiger partial charge on any atom is -0.439 e. The quantitative estimate of drug-likeness (QED) is 0.110. The van der Waals surface area contributed by atoms with Crippen molar-refractivity contribution in [3.05, 3.63) is 47.6 Å². The molecule has 4 N–H and O–H groups in total. The van der Waals surface area contributed by atoms with Crippen molar-refractivity contribution in [3.63, 3.8) is 0 Å². The lowest BCUT2D eigenvalue weighted by atomic mass is 9.73. The molecule has 0 aromatic rings. The van der Waals surface area contributed by atoms with Crippen LogP contribution in [0.3, 0.4) is 0 Å². The molecule has 1 saturated carbocycles. The zero-order valence-corrected chi connectivity index (χ0v) is 43.4. The number of ketones is 3. The highest BCUT2D eigenvalue weighted by Crippen LogP contribution is 2.39. The Morgan fingerprint density at radius 2 is 1.61 bits per heavy atom. The van der Waals surface area contributed by atoms with E-state index in [0.717, 1.165) is 24.8 Å². The van der Waals surface area contributed by atoms with Crippen LogP contribution in [0.4, 0.5) is 0 Å². The highest BCUT2D eigenvalue weighted by atomic mass is 16.6. The molecule has 1 aliphatic carbocycles. The summed E-state index contributed by atoms with van der Waals surface area (Å²) in [6.45, 7) is 15.3. The van der Waals surface area contributed by atoms with Gasteiger partial charge in [-0.05, 0) is 126 Å². The number of ether oxygens (including phenoxy) is 4. The minimum atomic E-state index is -2.42. The van der Waals surface area contributed by atoms with E-state index in [2.05, 4.69) is 19.0 Å². The monoisotopic (exact) mass is 966 g/mol. The van der Waals surface area contributed by atoms with Gasteiger partial charge in [-0.2, -0.15) is 0 Å². The summed E-state index contributed by atoms with van der Waals surface area (Å²) in [5, 5.41) is 46.1. The third kappa shape index (κ3) is 16.3. The molecule has 2 saturated heterocycles. The Morgan fingerprint density at radius 1 is 0.870 bits per heavy atom. The number of methoxy groups -OCH3 is 2. The fourth-order valence-corrected chi connectivity index (χ4v) is 10.9. The molecule has 0 spiro atoms. The Balaban J connectivity index is 1.73. The summed E-state index contributed by atoms with van der Waals surface area (Å²) < 4.78 is 23.6. The first-order valence-corrected chi connectivity index (χ1v) is 26.0. The number of carbonyl (C=O) groups is 4. The normalized spacial score (nSPS) is 38.4. The third-order valence-electron chi connectivity index (χ3n) is 15.6. The molecular formula is C56H87NO12. The van der Waals surface area contributed by atoms with Crippen LogP contribution >= 0.6 is 0 Å². The largest absolute Gasteiger partial charge is 0.439 e. The van der Waals surface area contributed by atoms with Gasteiger partial charge in [0, 0.05) is 57.8 Å². The van der Waals surface area contributed by atoms with Crippen LogP contribution in [0.2, 0.25) is 0 Å². The van der Waals surface area contributed by atoms with Crippen LogP contribution in [-0.4, -0.2) is 124 Å². The van der Waals surface area contributed by atoms with Gasteiger partial charge in [-0.3, -0.25) is 19.2 Å². The topological polar surface area (TPSA) is 189 Å². The SMILES string of the molecule is CCCC#CO[C@H]1C[C@@H]2CC[C@@H](C)[C@@](O)(O2)C(=O)C(=O)N2CCCC[C@H]2C(=O)C[C@H]([C@H](C)C[C@@H]2CCC(O)[C@H](OC)C2)CC(O)[C@H](C)/C=C(\C)[C@@H](O)[C@@H](OC)C(=O)[C@H](C)C[C@H](C)/C=C/C=CC=C1C. The van der Waals surface area contributed by atoms with Crippen molar-refractivity contribution in [1.29, 1.82) is 0 Å². The molecule has 69 heavy (non-hydrogen) atoms. The molecule has 3 aliphatic heterocycles. The van der Waals surface area contributed by atoms with Crippen molar-refractivity contribution in [2.75, 3.05) is 20.8 Å². The van der Waals surface area contributed by atoms with Crippen LogP contribution in [0.1, 0.15) is 152 Å². The molecule has 1 amide bonds. The standard InChI is InChI=1S/C56H87NO12/c1-11-12-18-27-68-49-34-44-24-22-41(8)56(65,69-44)54(63)55(64)57-26-17-16-21-45(57)48(60)33-43(37(4)30-42-23-25-46(58)50(31-42)66-9)32-47(59)38(5)29-40(7)52(62)53(67-10)51(61)39(6)28-35(2)19-14-13-15-20-36(49)3/h13-15,19-20,29,35,37-39,41-47,49-50,52-53,58-59,62,65H,11-12,16-17,21-26,28,30-34H2,1-10H3/b15-13?,19-14+,36-20?,40-29+/t35-,37-,38-,39-,41-,42+,43-,44+,45+,46?,47?,49+,50-,52-,53+,56-/m1/s1. The van der Waals surface area contributed by atoms with E-state index in [0.29, 0.717) is 63.4 Å². The molecule has 388 valence electrons. The Hall–Kier alpha value is -3.48. The number of aliphatic hydroxyl groups excluding tert-OH is 3. The number of nitrogens with zero attached hydrogens (tertiary/aromatic N) is 1. The Bertz CT molecular complexity index is 1880. The summed E-state index contributed by atoms with van der Waals surface area (Å²) in [6.07, 6.45) is 16.8. The number of Topliss-reactive ketones (excluding diaryl/α,β-unsaturated/α-hetero) is 3. The zero-order valence-electron chi connectivity index (χ0n) is 43.4. The smallest absolute Gasteiger partial charge is 0.296 e. The van der Waals surface area contributed by atoms with Gasteiger partial charge in [0.2, 0.25) is 5.79 Å². The number of aliphatic hydroxyl groups is 4. The van der Waals surface area contributed by atoms with Gasteiger partial charge >= 0.3 is 0 Å². The highest BCUT2D eigenvalue weighted by molar-refractivity contribution is 6.39. The van der Waals surface area contributed by atoms with E-state index in [9.17, 15) is 39.6 Å². The number of unbranched alkanes of at least 4 members (excludes halogenated alkanes) is 1. The van der Waals surface area contributed by atoms with Gasteiger partial charge in [0.25, 0.3) is 11.7 Å². The molecule has 2 bridgehead atoms. The molecule has 4 aliphatic rings. The second kappa shape index (κ2) is 27.9. The number of fused-ring (bicyclic) bond motifs is 3. The summed E-state index contributed by atoms with van der Waals surface area (Å²) >= 11 is 0. The van der Waals surface area contributed by atoms with Gasteiger partial charge in [-0.25, -0.2) is 0 Å². The lowest BCUT2D eigenvalue weighted by Gasteiger charge is -2.43. The van der Waals surface area contributed by atoms with Crippen molar-refractivity contribution in [2.24, 2.45) is 41.4 Å². The fraction of sp³-hybridized carbons (Fsp3) is 0.750. The predicted molar refractivity (Wildman–Crippen MR) is 266 cm³/mol. The third-order valence-corrected chi connectivity index (χ3v) is 15.6. The van der Waals surface area contributed by atoms with Crippen LogP contribution in [-0.2, 0) is 38.1 Å². The van der Waals surface area contributed by atoms with Crippen LogP contribution in [0.25, 0.3) is 0 Å². The van der Waals surface area contributed by atoms with Gasteiger partial charge in [-0.1, -0.05) is 83.9 Å². The summed E-state index contributed by atoms with van der Waals surface area (Å²) in [5.41, 5.74) is 1.32. The van der Waals surface area contributed by atoms with Gasteiger partial charge in [-0.15, -0.1) is 0 Å². The summed E-state index contributed by atoms with van der Waals surface area (Å²) in [4.78, 5) is 58.6. The molecule has 3 fully saturated rings. The van der Waals surface area contributed by atoms with Gasteiger partial charge in [0.15, 0.2) is 11.6 Å². The maximum absolute atomic E-state index is 14.7. The van der Waals surface area contributed by atoms with Crippen LogP contribution < -0.4 is 0 Å². The second-order valence-electron chi connectivity index (χ2n) is 21.2. The lowest BCUT2D eigenvalue weighted by molar-refractivity contribution is -0.265. The minimum absolute atomic E-state index is 0.0226. The van der Waals surface area contributed by atoms with Crippen molar-refractivity contribution >= 4 is 23.3 Å². The maximum Gasteiger partial charge on any atom is 0.296 e. The predicted octanol–water partition coefficient (Wildman–Crippen LogP) is 7.77. The van der Waals surface area contributed by atoms with E-state index in [4.69, 9.17) is 18.9 Å². The molecule has 4 rings (SSSR count). The van der Waals surface area contributed by atoms with E-state index >= 15 is 0 Å². The van der Waals surface area contributed by atoms with E-state index in [1.165, 1.54) is 12.0 Å². The molecule has 0 radical (unpaired) electrons. The average Bonchev–Trinajstić information content (AvgIpc) is 3.32. The van der Waals surface area contributed by atoms with Crippen molar-refractivity contribution in [3.8, 4) is 12.0 Å². The number of rotatable bonds is 7. The van der Waals surface area contributed by atoms with E-state index < -0.39 is 77.9 Å². The molecule has 13 nitrogen and oxygen atoms in total. The molecule has 0 aromatic carbocycles. The first-order chi connectivity index (χ1) is 32.7. The van der Waals surface area contributed by atoms with Crippen molar-refractivity contribution in [1.82, 2.24) is 4.90 Å². The molecule has 16 atom stereocenters. The van der Waals surface area contributed by atoms with Crippen LogP contribution in [0, 0.1) is 53.5 Å². The maximum atomic E-state index is 14.7. The Morgan fingerprint density at radius 3 is 2.30 bits per heavy atom. The zero-order chi connectivity index (χ0) is 51.0. The van der Waals surface area contributed by atoms with Crippen molar-refractivity contribution in [2.45, 2.75) is 206 Å². The number of amides is 1. The molecule has 13 heteroatoms. The van der Waals surface area contributed by atoms with E-state index in [1.807, 2.05) is 65.0 Å². The summed E-state index contributed by atoms with van der Waals surface area (Å²) in [5.74, 6) is -3.61. The molecular weight excluding hydrogens is 879 g/mol. The second-order valence-corrected chi connectivity index (χ2v) is 21.2. The molecule has 3 heterocycles. The molecule has 0 aromatic heterocycles. The van der Waals surface area contributed by atoms with Crippen LogP contribution in [0.5, 0.6) is 0 Å². The number of allylic oxidation sites excluding steroid dienone is 5. The van der Waals surface area contributed by atoms with E-state index in [1.54, 1.807) is 27.0 Å². The Kier molecular flexibility index (Phi) is 23.5. The average molecular weight is 966 g/mol. The molecule has 2 unspecified atom stereocenters. The van der Waals surface area contributed by atoms with Gasteiger partial charge < -0.3 is 44.3 Å². The number of hydrogen-bond acceptors (Lipinski definition) is 12. The first-order valence-electron chi connectivity index (χ1n) is 26.0. The lowest BCUT2D eigenvalue weighted by Crippen LogP contribution is -2.60. The summed E-state index contributed by atoms with van der Waals surface area (Å²) in [7, 11) is 3.01. The Labute approximate surface area is 413 Å². The van der Waals surface area contributed by atoms with Crippen LogP contribution in [0.15, 0.2) is 47.6 Å². The van der Waals surface area contributed by atoms with Gasteiger partial charge in [0.05, 0.1) is 30.5 Å². The van der Waals surface area contributed by atoms with E-state index in [-0.39, 0.29) is 67.1 Å². The number of hydrogen-bond donors (Lipinski definition) is 4. The first kappa shape index (κ1) is 58.1. The highest BCUT2D eigenvalue weighted by Gasteiger charge is 2.53. The number of piperidine rings is 1. The van der Waals surface area contributed by atoms with Crippen molar-refractivity contribution < 1.29 is 58.6 Å². The van der Waals surface area contributed by atoms with Gasteiger partial charge in [0.1, 0.15) is 24.4 Å². The fourth-order valence-electron chi connectivity index (χ4n) is 10.9. The number of carbonyl (C=O) groups excluding carboxylic acids is 4. The summed E-state index contributed by atoms with van der Waals surface area (Å²) in [6, 6.07) is -0.905.